The van der Waals surface area contributed by atoms with Crippen LogP contribution in [0, 0.1) is 0 Å². The first-order valence-corrected chi connectivity index (χ1v) is 20.2. The molecule has 0 aromatic rings. The molecule has 0 fully saturated rings. The minimum atomic E-state index is -1.53. The number of nitrogens with two attached hydrogens (primary N) is 1. The lowest BCUT2D eigenvalue weighted by Gasteiger charge is -2.27. The van der Waals surface area contributed by atoms with Crippen molar-refractivity contribution in [3.05, 3.63) is 0 Å². The molecular weight excluding hydrogens is 588 g/mol. The number of carboxylic acid groups (broad SMARTS) is 1. The van der Waals surface area contributed by atoms with E-state index in [-0.39, 0.29) is 12.8 Å². The van der Waals surface area contributed by atoms with Gasteiger partial charge >= 0.3 is 5.97 Å². The summed E-state index contributed by atoms with van der Waals surface area (Å²) in [5, 5.41) is 9.74. The summed E-state index contributed by atoms with van der Waals surface area (Å²) in [4.78, 5) is 50.6. The monoisotopic (exact) mass is 665 g/mol. The highest BCUT2D eigenvalue weighted by Gasteiger charge is 2.35. The van der Waals surface area contributed by atoms with Crippen molar-refractivity contribution in [3.8, 4) is 0 Å². The molecule has 0 aliphatic rings. The van der Waals surface area contributed by atoms with Crippen LogP contribution < -0.4 is 5.73 Å². The number of aliphatic carboxylic acids is 1. The molecule has 0 saturated carbocycles. The summed E-state index contributed by atoms with van der Waals surface area (Å²) in [7, 11) is 0. The molecule has 0 aliphatic heterocycles. The van der Waals surface area contributed by atoms with Gasteiger partial charge in [0.1, 0.15) is 6.04 Å². The number of carboxylic acids is 1. The molecule has 0 aliphatic carbocycles. The van der Waals surface area contributed by atoms with Crippen molar-refractivity contribution in [2.24, 2.45) is 5.73 Å². The minimum Gasteiger partial charge on any atom is -0.480 e. The zero-order valence-electron chi connectivity index (χ0n) is 31.0. The second kappa shape index (κ2) is 34.0. The molecule has 3 N–H and O–H groups in total. The molecule has 0 aromatic heterocycles. The summed E-state index contributed by atoms with van der Waals surface area (Å²) in [6.07, 6.45) is 36.1. The van der Waals surface area contributed by atoms with Crippen LogP contribution in [0.15, 0.2) is 0 Å². The van der Waals surface area contributed by atoms with Gasteiger partial charge in [-0.2, -0.15) is 0 Å². The number of amides is 3. The van der Waals surface area contributed by atoms with Crippen LogP contribution in [0.25, 0.3) is 0 Å². The molecular formula is C40H76N2O5. The van der Waals surface area contributed by atoms with E-state index in [0.29, 0.717) is 12.8 Å². The van der Waals surface area contributed by atoms with Crippen LogP contribution in [-0.4, -0.2) is 39.7 Å². The Bertz CT molecular complexity index is 726. The molecule has 0 unspecified atom stereocenters. The maximum atomic E-state index is 13.1. The standard InChI is InChI=1S/C40H76N2O5/c1-3-5-7-9-11-13-15-17-19-21-23-25-27-29-31-33-38(44)42(36(40(46)47)35-37(41)43)39(45)34-32-30-28-26-24-22-20-18-16-14-12-10-8-6-4-2/h36H,3-35H2,1-2H3,(H2,41,43)(H,46,47)/t36-/m0/s1. The molecule has 1 atom stereocenters. The number of rotatable bonds is 36. The fraction of sp³-hybridized carbons (Fsp3) is 0.900. The van der Waals surface area contributed by atoms with Gasteiger partial charge < -0.3 is 10.8 Å². The number of nitrogens with zero attached hydrogens (tertiary/aromatic N) is 1. The Labute approximate surface area is 290 Å². The van der Waals surface area contributed by atoms with Gasteiger partial charge in [-0.1, -0.05) is 194 Å². The smallest absolute Gasteiger partial charge is 0.327 e. The maximum Gasteiger partial charge on any atom is 0.327 e. The quantitative estimate of drug-likeness (QED) is 0.0646. The van der Waals surface area contributed by atoms with Gasteiger partial charge in [-0.3, -0.25) is 19.3 Å². The van der Waals surface area contributed by atoms with Crippen molar-refractivity contribution >= 4 is 23.7 Å². The zero-order valence-corrected chi connectivity index (χ0v) is 31.0. The summed E-state index contributed by atoms with van der Waals surface area (Å²) in [6.45, 7) is 4.51. The highest BCUT2D eigenvalue weighted by molar-refractivity contribution is 6.00. The van der Waals surface area contributed by atoms with Crippen LogP contribution in [0.4, 0.5) is 0 Å². The van der Waals surface area contributed by atoms with E-state index >= 15 is 0 Å². The SMILES string of the molecule is CCCCCCCCCCCCCCCCCC(=O)N(C(=O)CCCCCCCCCCCCCCCCC)[C@@H](CC(N)=O)C(=O)O. The van der Waals surface area contributed by atoms with E-state index in [0.717, 1.165) is 43.4 Å². The van der Waals surface area contributed by atoms with Crippen molar-refractivity contribution in [2.75, 3.05) is 0 Å². The summed E-state index contributed by atoms with van der Waals surface area (Å²) in [5.74, 6) is -3.20. The predicted molar refractivity (Wildman–Crippen MR) is 196 cm³/mol. The third-order valence-corrected chi connectivity index (χ3v) is 9.52. The van der Waals surface area contributed by atoms with Gasteiger partial charge in [0.05, 0.1) is 6.42 Å². The van der Waals surface area contributed by atoms with E-state index in [4.69, 9.17) is 5.73 Å². The average molecular weight is 665 g/mol. The van der Waals surface area contributed by atoms with Crippen molar-refractivity contribution in [2.45, 2.75) is 232 Å². The Morgan fingerprint density at radius 3 is 0.894 bits per heavy atom. The van der Waals surface area contributed by atoms with Gasteiger partial charge in [0.2, 0.25) is 17.7 Å². The van der Waals surface area contributed by atoms with Gasteiger partial charge in [0, 0.05) is 12.8 Å². The average Bonchev–Trinajstić information content (AvgIpc) is 3.04. The number of carbonyl (C=O) groups excluding carboxylic acids is 3. The Balaban J connectivity index is 4.22. The summed E-state index contributed by atoms with van der Waals surface area (Å²) in [5.41, 5.74) is 5.29. The molecule has 0 bridgehead atoms. The number of imide groups is 1. The van der Waals surface area contributed by atoms with Crippen molar-refractivity contribution < 1.29 is 24.3 Å². The lowest BCUT2D eigenvalue weighted by molar-refractivity contribution is -0.159. The maximum absolute atomic E-state index is 13.1. The largest absolute Gasteiger partial charge is 0.480 e. The zero-order chi connectivity index (χ0) is 34.8. The van der Waals surface area contributed by atoms with Crippen LogP contribution in [0.2, 0.25) is 0 Å². The van der Waals surface area contributed by atoms with E-state index in [9.17, 15) is 24.3 Å². The van der Waals surface area contributed by atoms with Crippen molar-refractivity contribution in [1.82, 2.24) is 4.90 Å². The molecule has 7 nitrogen and oxygen atoms in total. The van der Waals surface area contributed by atoms with Gasteiger partial charge in [-0.25, -0.2) is 4.79 Å². The Morgan fingerprint density at radius 2 is 0.681 bits per heavy atom. The number of hydrogen-bond donors (Lipinski definition) is 2. The number of primary amides is 1. The molecule has 0 aromatic carbocycles. The molecule has 47 heavy (non-hydrogen) atoms. The first kappa shape index (κ1) is 45.1. The summed E-state index contributed by atoms with van der Waals surface area (Å²) >= 11 is 0. The van der Waals surface area contributed by atoms with Crippen molar-refractivity contribution in [3.63, 3.8) is 0 Å². The summed E-state index contributed by atoms with van der Waals surface area (Å²) < 4.78 is 0. The third-order valence-electron chi connectivity index (χ3n) is 9.52. The van der Waals surface area contributed by atoms with E-state index in [1.54, 1.807) is 0 Å². The van der Waals surface area contributed by atoms with Gasteiger partial charge in [-0.15, -0.1) is 0 Å². The molecule has 0 rings (SSSR count). The van der Waals surface area contributed by atoms with E-state index < -0.39 is 36.2 Å². The fourth-order valence-corrected chi connectivity index (χ4v) is 6.50. The first-order chi connectivity index (χ1) is 22.8. The van der Waals surface area contributed by atoms with Crippen LogP contribution >= 0.6 is 0 Å². The van der Waals surface area contributed by atoms with E-state index in [1.165, 1.54) is 141 Å². The van der Waals surface area contributed by atoms with Crippen LogP contribution in [0.5, 0.6) is 0 Å². The van der Waals surface area contributed by atoms with Crippen molar-refractivity contribution in [1.29, 1.82) is 0 Å². The van der Waals surface area contributed by atoms with E-state index in [2.05, 4.69) is 13.8 Å². The predicted octanol–water partition coefficient (Wildman–Crippen LogP) is 11.2. The van der Waals surface area contributed by atoms with E-state index in [1.807, 2.05) is 0 Å². The second-order valence-corrected chi connectivity index (χ2v) is 14.1. The number of carbonyl (C=O) groups is 4. The molecule has 0 spiro atoms. The normalized spacial score (nSPS) is 11.9. The first-order valence-electron chi connectivity index (χ1n) is 20.2. The summed E-state index contributed by atoms with van der Waals surface area (Å²) in [6, 6.07) is -1.53. The minimum absolute atomic E-state index is 0.116. The lowest BCUT2D eigenvalue weighted by Crippen LogP contribution is -2.50. The fourth-order valence-electron chi connectivity index (χ4n) is 6.50. The van der Waals surface area contributed by atoms with Crippen LogP contribution in [0.3, 0.4) is 0 Å². The Hall–Kier alpha value is -1.92. The highest BCUT2D eigenvalue weighted by atomic mass is 16.4. The molecule has 0 heterocycles. The van der Waals surface area contributed by atoms with Gasteiger partial charge in [0.15, 0.2) is 0 Å². The number of unbranched alkanes of at least 4 members (excludes halogenated alkanes) is 28. The third kappa shape index (κ3) is 28.8. The van der Waals surface area contributed by atoms with Gasteiger partial charge in [0.25, 0.3) is 0 Å². The number of hydrogen-bond acceptors (Lipinski definition) is 4. The molecule has 7 heteroatoms. The molecule has 0 radical (unpaired) electrons. The Morgan fingerprint density at radius 1 is 0.447 bits per heavy atom. The molecule has 0 saturated heterocycles. The molecule has 276 valence electrons. The topological polar surface area (TPSA) is 118 Å². The van der Waals surface area contributed by atoms with Crippen LogP contribution in [0.1, 0.15) is 226 Å². The lowest BCUT2D eigenvalue weighted by atomic mass is 10.0. The second-order valence-electron chi connectivity index (χ2n) is 14.1. The van der Waals surface area contributed by atoms with Gasteiger partial charge in [-0.05, 0) is 12.8 Å². The highest BCUT2D eigenvalue weighted by Crippen LogP contribution is 2.18. The Kier molecular flexibility index (Phi) is 32.6. The van der Waals surface area contributed by atoms with Crippen LogP contribution in [-0.2, 0) is 19.2 Å². The molecule has 3 amide bonds.